The number of aromatic amines is 1. The van der Waals surface area contributed by atoms with Gasteiger partial charge in [-0.2, -0.15) is 0 Å². The lowest BCUT2D eigenvalue weighted by atomic mass is 10.1. The van der Waals surface area contributed by atoms with Crippen LogP contribution in [-0.4, -0.2) is 58.7 Å². The Kier molecular flexibility index (Phi) is 5.36. The molecular weight excluding hydrogens is 332 g/mol. The number of anilines is 1. The summed E-state index contributed by atoms with van der Waals surface area (Å²) in [4.78, 5) is 42.5. The Morgan fingerprint density at radius 3 is 2.23 bits per heavy atom. The number of H-pyrrole nitrogens is 1. The molecule has 1 aromatic heterocycles. The quantitative estimate of drug-likeness (QED) is 0.872. The summed E-state index contributed by atoms with van der Waals surface area (Å²) in [5.41, 5.74) is 2.20. The molecular formula is C19H22N4O3. The van der Waals surface area contributed by atoms with E-state index in [2.05, 4.69) is 10.3 Å². The smallest absolute Gasteiger partial charge is 0.253 e. The van der Waals surface area contributed by atoms with E-state index in [4.69, 9.17) is 0 Å². The Balaban J connectivity index is 1.53. The van der Waals surface area contributed by atoms with Crippen molar-refractivity contribution in [3.63, 3.8) is 0 Å². The van der Waals surface area contributed by atoms with Crippen LogP contribution in [0.25, 0.3) is 0 Å². The van der Waals surface area contributed by atoms with E-state index < -0.39 is 0 Å². The zero-order valence-corrected chi connectivity index (χ0v) is 14.7. The van der Waals surface area contributed by atoms with E-state index in [-0.39, 0.29) is 17.7 Å². The Hall–Kier alpha value is -3.09. The lowest BCUT2D eigenvalue weighted by Gasteiger charge is -2.35. The van der Waals surface area contributed by atoms with Gasteiger partial charge in [0.15, 0.2) is 0 Å². The van der Waals surface area contributed by atoms with Crippen molar-refractivity contribution in [2.45, 2.75) is 13.3 Å². The number of nitrogens with one attached hydrogen (secondary N) is 2. The number of nitrogens with zero attached hydrogens (tertiary/aromatic N) is 2. The van der Waals surface area contributed by atoms with Gasteiger partial charge in [0.05, 0.1) is 6.42 Å². The van der Waals surface area contributed by atoms with Gasteiger partial charge in [0.1, 0.15) is 0 Å². The third kappa shape index (κ3) is 4.30. The second kappa shape index (κ2) is 7.86. The van der Waals surface area contributed by atoms with Gasteiger partial charge in [-0.1, -0.05) is 0 Å². The number of rotatable bonds is 4. The minimum atomic E-state index is -0.149. The molecule has 7 nitrogen and oxygen atoms in total. The van der Waals surface area contributed by atoms with Gasteiger partial charge in [-0.15, -0.1) is 0 Å². The molecule has 7 heteroatoms. The summed E-state index contributed by atoms with van der Waals surface area (Å²) in [7, 11) is 0. The van der Waals surface area contributed by atoms with Crippen LogP contribution in [0.5, 0.6) is 0 Å². The van der Waals surface area contributed by atoms with Crippen molar-refractivity contribution in [2.24, 2.45) is 0 Å². The minimum Gasteiger partial charge on any atom is -0.367 e. The third-order valence-corrected chi connectivity index (χ3v) is 4.39. The van der Waals surface area contributed by atoms with Gasteiger partial charge in [0.2, 0.25) is 11.8 Å². The summed E-state index contributed by atoms with van der Waals surface area (Å²) in [6.45, 7) is 3.56. The van der Waals surface area contributed by atoms with Gasteiger partial charge in [0, 0.05) is 56.7 Å². The first-order valence-corrected chi connectivity index (χ1v) is 8.59. The van der Waals surface area contributed by atoms with Crippen LogP contribution >= 0.6 is 0 Å². The van der Waals surface area contributed by atoms with E-state index in [1.807, 2.05) is 12.3 Å². The maximum Gasteiger partial charge on any atom is 0.253 e. The van der Waals surface area contributed by atoms with Crippen LogP contribution in [0.15, 0.2) is 42.7 Å². The lowest BCUT2D eigenvalue weighted by Crippen LogP contribution is -2.51. The molecule has 1 fully saturated rings. The summed E-state index contributed by atoms with van der Waals surface area (Å²) in [5.74, 6) is -0.127. The van der Waals surface area contributed by atoms with Crippen molar-refractivity contribution in [1.29, 1.82) is 0 Å². The molecule has 2 heterocycles. The first kappa shape index (κ1) is 17.7. The molecule has 26 heavy (non-hydrogen) atoms. The molecule has 0 saturated carbocycles. The molecule has 1 aliphatic rings. The van der Waals surface area contributed by atoms with E-state index in [0.29, 0.717) is 43.9 Å². The van der Waals surface area contributed by atoms with Crippen molar-refractivity contribution in [2.75, 3.05) is 31.5 Å². The predicted molar refractivity (Wildman–Crippen MR) is 97.7 cm³/mol. The number of amides is 3. The van der Waals surface area contributed by atoms with E-state index >= 15 is 0 Å². The van der Waals surface area contributed by atoms with Crippen LogP contribution in [0, 0.1) is 0 Å². The summed E-state index contributed by atoms with van der Waals surface area (Å²) in [6.07, 6.45) is 4.00. The second-order valence-electron chi connectivity index (χ2n) is 6.33. The van der Waals surface area contributed by atoms with E-state index in [9.17, 15) is 14.4 Å². The molecule has 0 aliphatic carbocycles. The van der Waals surface area contributed by atoms with Gasteiger partial charge in [-0.3, -0.25) is 14.4 Å². The van der Waals surface area contributed by atoms with E-state index in [1.165, 1.54) is 6.92 Å². The van der Waals surface area contributed by atoms with Crippen LogP contribution < -0.4 is 5.32 Å². The molecule has 2 N–H and O–H groups in total. The monoisotopic (exact) mass is 354 g/mol. The van der Waals surface area contributed by atoms with Crippen LogP contribution in [0.3, 0.4) is 0 Å². The number of hydrogen-bond donors (Lipinski definition) is 2. The first-order chi connectivity index (χ1) is 12.5. The summed E-state index contributed by atoms with van der Waals surface area (Å²) < 4.78 is 0. The zero-order chi connectivity index (χ0) is 18.5. The van der Waals surface area contributed by atoms with E-state index in [1.54, 1.807) is 40.3 Å². The zero-order valence-electron chi connectivity index (χ0n) is 14.7. The number of piperazine rings is 1. The van der Waals surface area contributed by atoms with Gasteiger partial charge in [-0.25, -0.2) is 0 Å². The van der Waals surface area contributed by atoms with Crippen molar-refractivity contribution >= 4 is 23.4 Å². The number of benzene rings is 1. The van der Waals surface area contributed by atoms with Gasteiger partial charge in [-0.05, 0) is 35.9 Å². The van der Waals surface area contributed by atoms with Gasteiger partial charge >= 0.3 is 0 Å². The predicted octanol–water partition coefficient (Wildman–Crippen LogP) is 1.50. The molecule has 1 aromatic carbocycles. The maximum absolute atomic E-state index is 12.6. The first-order valence-electron chi connectivity index (χ1n) is 8.59. The molecule has 136 valence electrons. The maximum atomic E-state index is 12.6. The van der Waals surface area contributed by atoms with Gasteiger partial charge in [0.25, 0.3) is 5.91 Å². The van der Waals surface area contributed by atoms with Crippen molar-refractivity contribution in [3.05, 3.63) is 53.9 Å². The Morgan fingerprint density at radius 2 is 1.65 bits per heavy atom. The lowest BCUT2D eigenvalue weighted by molar-refractivity contribution is -0.131. The highest BCUT2D eigenvalue weighted by Gasteiger charge is 2.24. The SMILES string of the molecule is CC(=O)Nc1ccc(C(=O)N2CCN(C(=O)Cc3cc[nH]c3)CC2)cc1. The van der Waals surface area contributed by atoms with Crippen LogP contribution in [0.2, 0.25) is 0 Å². The molecule has 0 radical (unpaired) electrons. The van der Waals surface area contributed by atoms with Crippen LogP contribution in [0.1, 0.15) is 22.8 Å². The fraction of sp³-hybridized carbons (Fsp3) is 0.316. The highest BCUT2D eigenvalue weighted by atomic mass is 16.2. The van der Waals surface area contributed by atoms with Gasteiger partial charge < -0.3 is 20.1 Å². The molecule has 3 amide bonds. The van der Waals surface area contributed by atoms with Crippen LogP contribution in [-0.2, 0) is 16.0 Å². The largest absolute Gasteiger partial charge is 0.367 e. The van der Waals surface area contributed by atoms with Crippen molar-refractivity contribution < 1.29 is 14.4 Å². The second-order valence-corrected chi connectivity index (χ2v) is 6.33. The minimum absolute atomic E-state index is 0.0582. The molecule has 1 aliphatic heterocycles. The summed E-state index contributed by atoms with van der Waals surface area (Å²) >= 11 is 0. The highest BCUT2D eigenvalue weighted by Crippen LogP contribution is 2.14. The number of carbonyl (C=O) groups excluding carboxylic acids is 3. The number of carbonyl (C=O) groups is 3. The average Bonchev–Trinajstić information content (AvgIpc) is 3.14. The molecule has 3 rings (SSSR count). The topological polar surface area (TPSA) is 85.5 Å². The highest BCUT2D eigenvalue weighted by molar-refractivity contribution is 5.95. The van der Waals surface area contributed by atoms with E-state index in [0.717, 1.165) is 5.56 Å². The number of hydrogen-bond acceptors (Lipinski definition) is 3. The molecule has 2 aromatic rings. The Bertz CT molecular complexity index is 776. The normalized spacial score (nSPS) is 14.2. The summed E-state index contributed by atoms with van der Waals surface area (Å²) in [6, 6.07) is 8.73. The Morgan fingerprint density at radius 1 is 1.00 bits per heavy atom. The fourth-order valence-corrected chi connectivity index (χ4v) is 3.00. The third-order valence-electron chi connectivity index (χ3n) is 4.39. The fourth-order valence-electron chi connectivity index (χ4n) is 3.00. The molecule has 0 atom stereocenters. The summed E-state index contributed by atoms with van der Waals surface area (Å²) in [5, 5.41) is 2.68. The van der Waals surface area contributed by atoms with Crippen LogP contribution in [0.4, 0.5) is 5.69 Å². The molecule has 0 bridgehead atoms. The molecule has 0 spiro atoms. The standard InChI is InChI=1S/C19H22N4O3/c1-14(24)21-17-4-2-16(3-5-17)19(26)23-10-8-22(9-11-23)18(25)12-15-6-7-20-13-15/h2-7,13,20H,8-12H2,1H3,(H,21,24). The Labute approximate surface area is 152 Å². The van der Waals surface area contributed by atoms with Crippen molar-refractivity contribution in [3.8, 4) is 0 Å². The van der Waals surface area contributed by atoms with Crippen molar-refractivity contribution in [1.82, 2.24) is 14.8 Å². The average molecular weight is 354 g/mol. The molecule has 1 saturated heterocycles. The number of aromatic nitrogens is 1. The molecule has 0 unspecified atom stereocenters.